The quantitative estimate of drug-likeness (QED) is 0.459. The Labute approximate surface area is 128 Å². The standard InChI is InChI=1S/C10H18Cl3O5P/c1-9-10(2)18-19(17-9,14-6-3-11,15-7-4-12)16-8-5-13/h3-8H2,1-2H3. The number of alkyl halides is 3. The molecule has 0 aromatic rings. The first kappa shape index (κ1) is 17.6. The molecule has 1 heterocycles. The van der Waals surface area contributed by atoms with E-state index in [2.05, 4.69) is 0 Å². The first-order chi connectivity index (χ1) is 9.01. The van der Waals surface area contributed by atoms with Crippen LogP contribution in [0.4, 0.5) is 0 Å². The summed E-state index contributed by atoms with van der Waals surface area (Å²) in [6, 6.07) is 0. The molecule has 9 heteroatoms. The van der Waals surface area contributed by atoms with Crippen molar-refractivity contribution in [2.75, 3.05) is 37.5 Å². The van der Waals surface area contributed by atoms with Crippen molar-refractivity contribution in [3.05, 3.63) is 11.5 Å². The Morgan fingerprint density at radius 1 is 0.789 bits per heavy atom. The van der Waals surface area contributed by atoms with Crippen LogP contribution in [0.3, 0.4) is 0 Å². The molecule has 0 amide bonds. The third-order valence-corrected chi connectivity index (χ3v) is 5.63. The third kappa shape index (κ3) is 4.24. The topological polar surface area (TPSA) is 46.2 Å². The molecule has 5 nitrogen and oxygen atoms in total. The maximum absolute atomic E-state index is 5.70. The van der Waals surface area contributed by atoms with Crippen LogP contribution < -0.4 is 0 Å². The summed E-state index contributed by atoms with van der Waals surface area (Å²) in [7, 11) is -4.18. The van der Waals surface area contributed by atoms with E-state index in [1.165, 1.54) is 0 Å². The molecule has 0 bridgehead atoms. The molecule has 1 rings (SSSR count). The molecule has 0 aromatic heterocycles. The van der Waals surface area contributed by atoms with Gasteiger partial charge in [0.15, 0.2) is 0 Å². The molecule has 19 heavy (non-hydrogen) atoms. The molecule has 0 aromatic carbocycles. The van der Waals surface area contributed by atoms with Crippen molar-refractivity contribution in [3.8, 4) is 0 Å². The third-order valence-electron chi connectivity index (χ3n) is 2.21. The van der Waals surface area contributed by atoms with Crippen molar-refractivity contribution >= 4 is 42.5 Å². The minimum absolute atomic E-state index is 0.157. The molecular formula is C10H18Cl3O5P. The molecule has 0 N–H and O–H groups in total. The summed E-state index contributed by atoms with van der Waals surface area (Å²) in [6.07, 6.45) is 0. The van der Waals surface area contributed by atoms with E-state index < -0.39 is 7.74 Å². The van der Waals surface area contributed by atoms with E-state index in [4.69, 9.17) is 57.4 Å². The summed E-state index contributed by atoms with van der Waals surface area (Å²) in [5.74, 6) is 1.82. The van der Waals surface area contributed by atoms with E-state index in [9.17, 15) is 0 Å². The molecule has 114 valence electrons. The molecule has 0 unspecified atom stereocenters. The van der Waals surface area contributed by atoms with Crippen molar-refractivity contribution in [2.24, 2.45) is 0 Å². The second-order valence-electron chi connectivity index (χ2n) is 3.61. The van der Waals surface area contributed by atoms with Crippen molar-refractivity contribution < 1.29 is 22.6 Å². The molecule has 0 fully saturated rings. The molecule has 0 spiro atoms. The van der Waals surface area contributed by atoms with Crippen LogP contribution in [0, 0.1) is 0 Å². The molecule has 1 aliphatic rings. The molecule has 0 radical (unpaired) electrons. The van der Waals surface area contributed by atoms with Crippen molar-refractivity contribution in [2.45, 2.75) is 13.8 Å². The van der Waals surface area contributed by atoms with Crippen LogP contribution in [0.2, 0.25) is 0 Å². The number of hydrogen-bond acceptors (Lipinski definition) is 5. The van der Waals surface area contributed by atoms with Crippen LogP contribution >= 0.6 is 42.5 Å². The van der Waals surface area contributed by atoms with Gasteiger partial charge in [0.2, 0.25) is 0 Å². The zero-order chi connectivity index (χ0) is 14.4. The average Bonchev–Trinajstić information content (AvgIpc) is 2.66. The Bertz CT molecular complexity index is 297. The molecule has 0 atom stereocenters. The van der Waals surface area contributed by atoms with Gasteiger partial charge < -0.3 is 0 Å². The second-order valence-corrected chi connectivity index (χ2v) is 7.37. The van der Waals surface area contributed by atoms with Gasteiger partial charge in [-0.15, -0.1) is 0 Å². The van der Waals surface area contributed by atoms with Gasteiger partial charge in [-0.3, -0.25) is 0 Å². The summed E-state index contributed by atoms with van der Waals surface area (Å²) in [4.78, 5) is 0. The van der Waals surface area contributed by atoms with Gasteiger partial charge in [-0.25, -0.2) is 0 Å². The number of allylic oxidation sites excluding steroid dienone is 2. The first-order valence-electron chi connectivity index (χ1n) is 5.74. The average molecular weight is 356 g/mol. The van der Waals surface area contributed by atoms with Gasteiger partial charge in [0.1, 0.15) is 0 Å². The zero-order valence-corrected chi connectivity index (χ0v) is 14.0. The number of halogens is 3. The van der Waals surface area contributed by atoms with Crippen LogP contribution in [-0.4, -0.2) is 37.5 Å². The SMILES string of the molecule is CC1=C(C)OP(OCCCl)(OCCCl)(OCCCl)O1. The van der Waals surface area contributed by atoms with Gasteiger partial charge in [-0.2, -0.15) is 0 Å². The number of rotatable bonds is 9. The number of hydrogen-bond donors (Lipinski definition) is 0. The molecule has 0 saturated carbocycles. The Morgan fingerprint density at radius 2 is 1.11 bits per heavy atom. The van der Waals surface area contributed by atoms with Gasteiger partial charge in [-0.05, 0) is 0 Å². The van der Waals surface area contributed by atoms with E-state index in [-0.39, 0.29) is 37.5 Å². The Hall–Kier alpha value is 0.520. The second kappa shape index (κ2) is 7.51. The van der Waals surface area contributed by atoms with Gasteiger partial charge >= 0.3 is 128 Å². The Morgan fingerprint density at radius 3 is 1.37 bits per heavy atom. The summed E-state index contributed by atoms with van der Waals surface area (Å²) in [5.41, 5.74) is 0. The summed E-state index contributed by atoms with van der Waals surface area (Å²) in [5, 5.41) is 0. The predicted octanol–water partition coefficient (Wildman–Crippen LogP) is 4.18. The fourth-order valence-electron chi connectivity index (χ4n) is 1.42. The van der Waals surface area contributed by atoms with Crippen LogP contribution in [0.25, 0.3) is 0 Å². The molecule has 0 saturated heterocycles. The first-order valence-corrected chi connectivity index (χ1v) is 9.17. The molecule has 0 aliphatic carbocycles. The summed E-state index contributed by atoms with van der Waals surface area (Å²) in [6.45, 7) is 3.95. The van der Waals surface area contributed by atoms with Gasteiger partial charge in [0.25, 0.3) is 0 Å². The predicted molar refractivity (Wildman–Crippen MR) is 77.5 cm³/mol. The van der Waals surface area contributed by atoms with Crippen LogP contribution in [0.5, 0.6) is 0 Å². The van der Waals surface area contributed by atoms with Crippen LogP contribution in [0.1, 0.15) is 13.8 Å². The monoisotopic (exact) mass is 354 g/mol. The van der Waals surface area contributed by atoms with Crippen LogP contribution in [-0.2, 0) is 22.6 Å². The Balaban J connectivity index is 2.97. The minimum atomic E-state index is -4.18. The Kier molecular flexibility index (Phi) is 6.94. The summed E-state index contributed by atoms with van der Waals surface area (Å²) >= 11 is 17.0. The zero-order valence-electron chi connectivity index (χ0n) is 10.9. The van der Waals surface area contributed by atoms with Crippen molar-refractivity contribution in [1.82, 2.24) is 0 Å². The van der Waals surface area contributed by atoms with Crippen LogP contribution in [0.15, 0.2) is 11.5 Å². The molecule has 1 aliphatic heterocycles. The van der Waals surface area contributed by atoms with Gasteiger partial charge in [-0.1, -0.05) is 0 Å². The van der Waals surface area contributed by atoms with E-state index in [0.717, 1.165) is 0 Å². The van der Waals surface area contributed by atoms with Gasteiger partial charge in [0, 0.05) is 0 Å². The molecular weight excluding hydrogens is 337 g/mol. The van der Waals surface area contributed by atoms with E-state index in [0.29, 0.717) is 11.5 Å². The maximum atomic E-state index is 5.70. The van der Waals surface area contributed by atoms with Gasteiger partial charge in [0.05, 0.1) is 0 Å². The van der Waals surface area contributed by atoms with E-state index >= 15 is 0 Å². The van der Waals surface area contributed by atoms with E-state index in [1.54, 1.807) is 13.8 Å². The van der Waals surface area contributed by atoms with Crippen molar-refractivity contribution in [3.63, 3.8) is 0 Å². The normalized spacial score (nSPS) is 22.5. The fourth-order valence-corrected chi connectivity index (χ4v) is 4.87. The van der Waals surface area contributed by atoms with Crippen molar-refractivity contribution in [1.29, 1.82) is 0 Å². The van der Waals surface area contributed by atoms with E-state index in [1.807, 2.05) is 0 Å². The summed E-state index contributed by atoms with van der Waals surface area (Å²) < 4.78 is 28.3. The fraction of sp³-hybridized carbons (Fsp3) is 0.800.